The van der Waals surface area contributed by atoms with Crippen LogP contribution in [0.25, 0.3) is 16.5 Å². The number of pyridine rings is 1. The van der Waals surface area contributed by atoms with Gasteiger partial charge in [-0.3, -0.25) is 9.78 Å². The molecule has 0 saturated heterocycles. The highest BCUT2D eigenvalue weighted by atomic mass is 16.1. The fourth-order valence-corrected chi connectivity index (χ4v) is 1.70. The van der Waals surface area contributed by atoms with Gasteiger partial charge in [0.05, 0.1) is 5.52 Å². The van der Waals surface area contributed by atoms with E-state index in [9.17, 15) is 4.79 Å². The number of amides is 1. The molecule has 0 bridgehead atoms. The predicted molar refractivity (Wildman–Crippen MR) is 73.7 cm³/mol. The summed E-state index contributed by atoms with van der Waals surface area (Å²) in [6.45, 7) is 5.51. The van der Waals surface area contributed by atoms with Crippen LogP contribution >= 0.6 is 0 Å². The van der Waals surface area contributed by atoms with Crippen molar-refractivity contribution in [3.63, 3.8) is 0 Å². The third kappa shape index (κ3) is 2.46. The molecule has 3 nitrogen and oxygen atoms in total. The monoisotopic (exact) mass is 238 g/mol. The van der Waals surface area contributed by atoms with Gasteiger partial charge < -0.3 is 5.73 Å². The van der Waals surface area contributed by atoms with Gasteiger partial charge in [0.15, 0.2) is 0 Å². The molecule has 1 aromatic heterocycles. The van der Waals surface area contributed by atoms with Crippen molar-refractivity contribution >= 4 is 22.4 Å². The summed E-state index contributed by atoms with van der Waals surface area (Å²) in [4.78, 5) is 15.3. The zero-order chi connectivity index (χ0) is 13.1. The van der Waals surface area contributed by atoms with Crippen molar-refractivity contribution in [2.75, 3.05) is 0 Å². The molecule has 90 valence electrons. The summed E-state index contributed by atoms with van der Waals surface area (Å²) in [5, 5.41) is 1.06. The Morgan fingerprint density at radius 2 is 2.11 bits per heavy atom. The summed E-state index contributed by atoms with van der Waals surface area (Å²) in [7, 11) is 0. The summed E-state index contributed by atoms with van der Waals surface area (Å²) in [6.07, 6.45) is 3.45. The Morgan fingerprint density at radius 1 is 1.39 bits per heavy atom. The maximum Gasteiger partial charge on any atom is 0.248 e. The molecule has 0 radical (unpaired) electrons. The number of benzene rings is 1. The molecule has 0 unspecified atom stereocenters. The summed E-state index contributed by atoms with van der Waals surface area (Å²) in [5.41, 5.74) is 8.26. The molecule has 0 fully saturated rings. The average Bonchev–Trinajstić information content (AvgIpc) is 2.37. The van der Waals surface area contributed by atoms with Gasteiger partial charge in [0.25, 0.3) is 0 Å². The maximum absolute atomic E-state index is 10.9. The second-order valence-corrected chi connectivity index (χ2v) is 4.13. The van der Waals surface area contributed by atoms with Gasteiger partial charge in [0.2, 0.25) is 5.91 Å². The third-order valence-corrected chi connectivity index (χ3v) is 2.75. The minimum atomic E-state index is -0.511. The standard InChI is InChI=1S/C15H14N2O/c1-10(7-11(2)15(16)18)13-8-12-5-3-4-6-14(12)17-9-13/h3-9H,2H2,1H3,(H2,16,18). The molecule has 1 aromatic carbocycles. The van der Waals surface area contributed by atoms with Gasteiger partial charge in [-0.05, 0) is 36.3 Å². The highest BCUT2D eigenvalue weighted by Gasteiger charge is 2.02. The Balaban J connectivity index is 2.42. The van der Waals surface area contributed by atoms with Crippen LogP contribution < -0.4 is 5.73 Å². The van der Waals surface area contributed by atoms with E-state index in [0.717, 1.165) is 22.0 Å². The number of carbonyl (C=O) groups excluding carboxylic acids is 1. The highest BCUT2D eigenvalue weighted by molar-refractivity contribution is 5.96. The predicted octanol–water partition coefficient (Wildman–Crippen LogP) is 2.68. The smallest absolute Gasteiger partial charge is 0.248 e. The fraction of sp³-hybridized carbons (Fsp3) is 0.0667. The molecule has 1 amide bonds. The van der Waals surface area contributed by atoms with Crippen molar-refractivity contribution in [1.82, 2.24) is 4.98 Å². The number of nitrogens with two attached hydrogens (primary N) is 1. The molecule has 0 spiro atoms. The molecule has 0 aliphatic carbocycles. The first-order valence-corrected chi connectivity index (χ1v) is 5.60. The minimum absolute atomic E-state index is 0.292. The van der Waals surface area contributed by atoms with Crippen LogP contribution in [0.5, 0.6) is 0 Å². The van der Waals surface area contributed by atoms with Crippen LogP contribution in [0.15, 0.2) is 54.8 Å². The first kappa shape index (κ1) is 12.0. The number of carbonyl (C=O) groups is 1. The number of allylic oxidation sites excluding steroid dienone is 1. The molecule has 2 N–H and O–H groups in total. The van der Waals surface area contributed by atoms with Gasteiger partial charge in [-0.25, -0.2) is 0 Å². The summed E-state index contributed by atoms with van der Waals surface area (Å²) in [5.74, 6) is -0.511. The number of rotatable bonds is 3. The van der Waals surface area contributed by atoms with Crippen molar-refractivity contribution in [3.05, 3.63) is 60.3 Å². The van der Waals surface area contributed by atoms with Crippen LogP contribution in [0.3, 0.4) is 0 Å². The van der Waals surface area contributed by atoms with Crippen molar-refractivity contribution < 1.29 is 4.79 Å². The lowest BCUT2D eigenvalue weighted by molar-refractivity contribution is -0.114. The van der Waals surface area contributed by atoms with E-state index in [4.69, 9.17) is 5.73 Å². The van der Waals surface area contributed by atoms with Gasteiger partial charge in [0.1, 0.15) is 0 Å². The largest absolute Gasteiger partial charge is 0.366 e. The number of aromatic nitrogens is 1. The van der Waals surface area contributed by atoms with E-state index in [1.165, 1.54) is 0 Å². The zero-order valence-corrected chi connectivity index (χ0v) is 10.2. The average molecular weight is 238 g/mol. The highest BCUT2D eigenvalue weighted by Crippen LogP contribution is 2.19. The SMILES string of the molecule is C=C(C=C(C)c1cnc2ccccc2c1)C(N)=O. The quantitative estimate of drug-likeness (QED) is 0.660. The molecule has 1 heterocycles. The van der Waals surface area contributed by atoms with E-state index in [2.05, 4.69) is 11.6 Å². The zero-order valence-electron chi connectivity index (χ0n) is 10.2. The molecule has 2 rings (SSSR count). The number of primary amides is 1. The van der Waals surface area contributed by atoms with Gasteiger partial charge in [0, 0.05) is 17.2 Å². The van der Waals surface area contributed by atoms with Crippen molar-refractivity contribution in [2.45, 2.75) is 6.92 Å². The van der Waals surface area contributed by atoms with Gasteiger partial charge in [-0.2, -0.15) is 0 Å². The first-order valence-electron chi connectivity index (χ1n) is 5.60. The molecule has 0 saturated carbocycles. The molecule has 0 atom stereocenters. The molecule has 0 aliphatic rings. The number of para-hydroxylation sites is 1. The second kappa shape index (κ2) is 4.84. The third-order valence-electron chi connectivity index (χ3n) is 2.75. The van der Waals surface area contributed by atoms with E-state index in [1.54, 1.807) is 12.3 Å². The van der Waals surface area contributed by atoms with Crippen LogP contribution in [0.4, 0.5) is 0 Å². The number of nitrogens with zero attached hydrogens (tertiary/aromatic N) is 1. The Kier molecular flexibility index (Phi) is 3.24. The Morgan fingerprint density at radius 3 is 2.83 bits per heavy atom. The maximum atomic E-state index is 10.9. The van der Waals surface area contributed by atoms with Crippen molar-refractivity contribution in [1.29, 1.82) is 0 Å². The van der Waals surface area contributed by atoms with Crippen LogP contribution in [0.1, 0.15) is 12.5 Å². The van der Waals surface area contributed by atoms with Crippen LogP contribution in [0, 0.1) is 0 Å². The van der Waals surface area contributed by atoms with Crippen LogP contribution in [-0.2, 0) is 4.79 Å². The van der Waals surface area contributed by atoms with Gasteiger partial charge in [-0.15, -0.1) is 0 Å². The Bertz CT molecular complexity index is 656. The first-order chi connectivity index (χ1) is 8.58. The lowest BCUT2D eigenvalue weighted by Crippen LogP contribution is -2.11. The van der Waals surface area contributed by atoms with Gasteiger partial charge >= 0.3 is 0 Å². The van der Waals surface area contributed by atoms with E-state index in [1.807, 2.05) is 37.3 Å². The molecule has 0 aliphatic heterocycles. The van der Waals surface area contributed by atoms with Crippen LogP contribution in [0.2, 0.25) is 0 Å². The fourth-order valence-electron chi connectivity index (χ4n) is 1.70. The summed E-state index contributed by atoms with van der Waals surface area (Å²) in [6, 6.07) is 9.91. The minimum Gasteiger partial charge on any atom is -0.366 e. The lowest BCUT2D eigenvalue weighted by Gasteiger charge is -2.04. The lowest BCUT2D eigenvalue weighted by atomic mass is 10.0. The number of hydrogen-bond acceptors (Lipinski definition) is 2. The van der Waals surface area contributed by atoms with E-state index in [-0.39, 0.29) is 0 Å². The van der Waals surface area contributed by atoms with Crippen molar-refractivity contribution in [3.8, 4) is 0 Å². The molecular formula is C15H14N2O. The molecule has 2 aromatic rings. The summed E-state index contributed by atoms with van der Waals surface area (Å²) >= 11 is 0. The van der Waals surface area contributed by atoms with Crippen LogP contribution in [-0.4, -0.2) is 10.9 Å². The molecular weight excluding hydrogens is 224 g/mol. The molecule has 18 heavy (non-hydrogen) atoms. The summed E-state index contributed by atoms with van der Waals surface area (Å²) < 4.78 is 0. The van der Waals surface area contributed by atoms with E-state index < -0.39 is 5.91 Å². The van der Waals surface area contributed by atoms with E-state index in [0.29, 0.717) is 5.57 Å². The van der Waals surface area contributed by atoms with E-state index >= 15 is 0 Å². The topological polar surface area (TPSA) is 56.0 Å². The van der Waals surface area contributed by atoms with Crippen molar-refractivity contribution in [2.24, 2.45) is 5.73 Å². The Labute approximate surface area is 106 Å². The Hall–Kier alpha value is -2.42. The number of fused-ring (bicyclic) bond motifs is 1. The second-order valence-electron chi connectivity index (χ2n) is 4.13. The normalized spacial score (nSPS) is 11.5. The number of hydrogen-bond donors (Lipinski definition) is 1. The van der Waals surface area contributed by atoms with Gasteiger partial charge in [-0.1, -0.05) is 24.8 Å². The molecule has 3 heteroatoms.